The number of hydrogen-bond donors (Lipinski definition) is 0. The van der Waals surface area contributed by atoms with Crippen molar-refractivity contribution in [1.29, 1.82) is 0 Å². The van der Waals surface area contributed by atoms with Crippen LogP contribution in [0.1, 0.15) is 25.7 Å². The van der Waals surface area contributed by atoms with Gasteiger partial charge < -0.3 is 4.74 Å². The van der Waals surface area contributed by atoms with Crippen molar-refractivity contribution in [3.8, 4) is 0 Å². The van der Waals surface area contributed by atoms with Crippen LogP contribution in [0.5, 0.6) is 0 Å². The lowest BCUT2D eigenvalue weighted by atomic mass is 10.1. The number of allylic oxidation sites excluding steroid dienone is 1. The molecular weight excluding hydrogens is 378 g/mol. The van der Waals surface area contributed by atoms with E-state index >= 15 is 0 Å². The van der Waals surface area contributed by atoms with Crippen molar-refractivity contribution in [2.24, 2.45) is 0 Å². The molecule has 0 aromatic heterocycles. The quantitative estimate of drug-likeness (QED) is 0.248. The largest absolute Gasteiger partial charge is 0.483 e. The van der Waals surface area contributed by atoms with Gasteiger partial charge in [0.05, 0.1) is 6.61 Å². The number of halogens is 10. The summed E-state index contributed by atoms with van der Waals surface area (Å²) in [5.41, 5.74) is 0. The Labute approximate surface area is 136 Å². The molecule has 25 heavy (non-hydrogen) atoms. The van der Waals surface area contributed by atoms with Crippen molar-refractivity contribution < 1.29 is 53.4 Å². The minimum Gasteiger partial charge on any atom is -0.372 e. The molecule has 0 bridgehead atoms. The summed E-state index contributed by atoms with van der Waals surface area (Å²) in [4.78, 5) is 0. The maximum absolute atomic E-state index is 13.2. The third-order valence-electron chi connectivity index (χ3n) is 2.77. The molecule has 0 radical (unpaired) electrons. The molecule has 0 aliphatic rings. The number of ether oxygens (including phenoxy) is 2. The van der Waals surface area contributed by atoms with E-state index in [0.717, 1.165) is 0 Å². The molecule has 0 aliphatic heterocycles. The molecule has 0 fully saturated rings. The number of unbranched alkanes of at least 4 members (excludes halogenated alkanes) is 2. The Morgan fingerprint density at radius 3 is 1.92 bits per heavy atom. The first-order valence-corrected chi connectivity index (χ1v) is 6.89. The van der Waals surface area contributed by atoms with Crippen molar-refractivity contribution in [2.75, 3.05) is 13.2 Å². The van der Waals surface area contributed by atoms with Gasteiger partial charge in [0, 0.05) is 0 Å². The lowest BCUT2D eigenvalue weighted by molar-refractivity contribution is -0.487. The molecule has 150 valence electrons. The van der Waals surface area contributed by atoms with Crippen LogP contribution in [-0.2, 0) is 9.47 Å². The summed E-state index contributed by atoms with van der Waals surface area (Å²) in [6.45, 7) is 0.0443. The normalized spacial score (nSPS) is 15.3. The van der Waals surface area contributed by atoms with Gasteiger partial charge in [0.2, 0.25) is 0 Å². The van der Waals surface area contributed by atoms with E-state index in [9.17, 15) is 43.9 Å². The third kappa shape index (κ3) is 7.80. The molecule has 2 nitrogen and oxygen atoms in total. The van der Waals surface area contributed by atoms with Gasteiger partial charge in [-0.3, -0.25) is 0 Å². The van der Waals surface area contributed by atoms with E-state index in [4.69, 9.17) is 0 Å². The highest BCUT2D eigenvalue weighted by molar-refractivity contribution is 4.80. The Bertz CT molecular complexity index is 408. The topological polar surface area (TPSA) is 18.5 Å². The smallest absolute Gasteiger partial charge is 0.372 e. The first-order chi connectivity index (χ1) is 11.2. The van der Waals surface area contributed by atoms with Crippen LogP contribution in [0.2, 0.25) is 0 Å². The zero-order valence-electron chi connectivity index (χ0n) is 12.7. The van der Waals surface area contributed by atoms with Crippen molar-refractivity contribution in [3.05, 3.63) is 12.7 Å². The molecular formula is C13H16F10O2. The second-order valence-electron chi connectivity index (χ2n) is 5.02. The second-order valence-corrected chi connectivity index (χ2v) is 5.02. The molecule has 1 unspecified atom stereocenters. The fourth-order valence-electron chi connectivity index (χ4n) is 1.43. The van der Waals surface area contributed by atoms with Gasteiger partial charge in [0.1, 0.15) is 12.8 Å². The van der Waals surface area contributed by atoms with E-state index in [0.29, 0.717) is 19.3 Å². The van der Waals surface area contributed by atoms with Gasteiger partial charge in [0.15, 0.2) is 0 Å². The summed E-state index contributed by atoms with van der Waals surface area (Å²) < 4.78 is 131. The van der Waals surface area contributed by atoms with Crippen molar-refractivity contribution in [1.82, 2.24) is 0 Å². The van der Waals surface area contributed by atoms with E-state index in [1.807, 2.05) is 4.74 Å². The molecule has 0 saturated carbocycles. The molecule has 12 heteroatoms. The van der Waals surface area contributed by atoms with E-state index in [1.165, 1.54) is 0 Å². The summed E-state index contributed by atoms with van der Waals surface area (Å²) in [7, 11) is 0. The Morgan fingerprint density at radius 1 is 0.880 bits per heavy atom. The van der Waals surface area contributed by atoms with Gasteiger partial charge in [-0.25, -0.2) is 9.13 Å². The molecule has 0 aromatic carbocycles. The average Bonchev–Trinajstić information content (AvgIpc) is 2.41. The van der Waals surface area contributed by atoms with E-state index < -0.39 is 43.7 Å². The lowest BCUT2D eigenvalue weighted by Gasteiger charge is -2.30. The van der Waals surface area contributed by atoms with Crippen LogP contribution in [0.3, 0.4) is 0 Å². The summed E-state index contributed by atoms with van der Waals surface area (Å²) in [6, 6.07) is 0. The van der Waals surface area contributed by atoms with Gasteiger partial charge in [-0.05, 0) is 19.3 Å². The summed E-state index contributed by atoms with van der Waals surface area (Å²) in [5.74, 6) is -5.54. The van der Waals surface area contributed by atoms with Crippen molar-refractivity contribution >= 4 is 0 Å². The van der Waals surface area contributed by atoms with Crippen LogP contribution < -0.4 is 0 Å². The zero-order valence-corrected chi connectivity index (χ0v) is 12.7. The highest BCUT2D eigenvalue weighted by Crippen LogP contribution is 2.45. The fourth-order valence-corrected chi connectivity index (χ4v) is 1.43. The first kappa shape index (κ1) is 24.0. The van der Waals surface area contributed by atoms with E-state index in [1.54, 1.807) is 6.08 Å². The van der Waals surface area contributed by atoms with E-state index in [-0.39, 0.29) is 6.42 Å². The zero-order chi connectivity index (χ0) is 19.9. The van der Waals surface area contributed by atoms with E-state index in [2.05, 4.69) is 11.3 Å². The Morgan fingerprint density at radius 2 is 1.44 bits per heavy atom. The Hall–Kier alpha value is -1.04. The minimum atomic E-state index is -6.62. The highest BCUT2D eigenvalue weighted by Gasteiger charge is 2.70. The van der Waals surface area contributed by atoms with Crippen molar-refractivity contribution in [2.45, 2.75) is 56.2 Å². The predicted octanol–water partition coefficient (Wildman–Crippen LogP) is 5.49. The van der Waals surface area contributed by atoms with Crippen LogP contribution in [0.25, 0.3) is 0 Å². The predicted molar refractivity (Wildman–Crippen MR) is 66.4 cm³/mol. The fraction of sp³-hybridized carbons (Fsp3) is 0.846. The third-order valence-corrected chi connectivity index (χ3v) is 2.77. The summed E-state index contributed by atoms with van der Waals surface area (Å²) in [6.07, 6.45) is -18.3. The van der Waals surface area contributed by atoms with Gasteiger partial charge in [0.25, 0.3) is 0 Å². The molecule has 0 N–H and O–H groups in total. The van der Waals surface area contributed by atoms with Crippen LogP contribution in [-0.4, -0.2) is 43.7 Å². The molecule has 0 aromatic rings. The molecule has 0 heterocycles. The Kier molecular flexibility index (Phi) is 8.68. The molecule has 0 amide bonds. The van der Waals surface area contributed by atoms with Crippen molar-refractivity contribution in [3.63, 3.8) is 0 Å². The monoisotopic (exact) mass is 394 g/mol. The summed E-state index contributed by atoms with van der Waals surface area (Å²) in [5, 5.41) is 0. The van der Waals surface area contributed by atoms with Crippen LogP contribution in [0, 0.1) is 0 Å². The second kappa shape index (κ2) is 9.06. The molecule has 0 spiro atoms. The molecule has 0 aliphatic carbocycles. The van der Waals surface area contributed by atoms with Crippen LogP contribution >= 0.6 is 0 Å². The standard InChI is InChI=1S/C13H16F10O2/c1-2-3-4-5-6-9(14)7-24-8-10(15,16)12(20,21)25-13(22,23)11(17,18)19/h2,9H,1,3-8H2. The maximum Gasteiger partial charge on any atom is 0.483 e. The summed E-state index contributed by atoms with van der Waals surface area (Å²) >= 11 is 0. The SMILES string of the molecule is C=CCCCCC(F)COCC(F)(F)C(F)(F)OC(F)(F)C(F)(F)F. The number of hydrogen-bond acceptors (Lipinski definition) is 2. The van der Waals surface area contributed by atoms with Gasteiger partial charge in [-0.15, -0.1) is 6.58 Å². The van der Waals surface area contributed by atoms with Crippen LogP contribution in [0.4, 0.5) is 43.9 Å². The van der Waals surface area contributed by atoms with Crippen LogP contribution in [0.15, 0.2) is 12.7 Å². The Balaban J connectivity index is 4.52. The minimum absolute atomic E-state index is 0.140. The maximum atomic E-state index is 13.2. The highest BCUT2D eigenvalue weighted by atomic mass is 19.4. The van der Waals surface area contributed by atoms with Gasteiger partial charge in [-0.1, -0.05) is 12.5 Å². The molecule has 0 rings (SSSR count). The molecule has 1 atom stereocenters. The number of rotatable bonds is 12. The average molecular weight is 394 g/mol. The first-order valence-electron chi connectivity index (χ1n) is 6.89. The lowest BCUT2D eigenvalue weighted by Crippen LogP contribution is -2.53. The number of alkyl halides is 10. The molecule has 0 saturated heterocycles. The van der Waals surface area contributed by atoms with Gasteiger partial charge in [-0.2, -0.15) is 39.5 Å². The van der Waals surface area contributed by atoms with Gasteiger partial charge >= 0.3 is 24.3 Å².